The maximum absolute atomic E-state index is 2.18. The third-order valence-corrected chi connectivity index (χ3v) is 3.28. The van der Waals surface area contributed by atoms with E-state index in [0.29, 0.717) is 0 Å². The van der Waals surface area contributed by atoms with Gasteiger partial charge in [-0.25, -0.2) is 4.57 Å². The zero-order chi connectivity index (χ0) is 13.1. The summed E-state index contributed by atoms with van der Waals surface area (Å²) >= 11 is 0. The molecule has 0 N–H and O–H groups in total. The molecule has 2 heteroatoms. The van der Waals surface area contributed by atoms with Crippen LogP contribution in [0.1, 0.15) is 11.1 Å². The van der Waals surface area contributed by atoms with Gasteiger partial charge in [-0.1, -0.05) is 54.6 Å². The molecule has 3 rings (SSSR count). The lowest BCUT2D eigenvalue weighted by atomic mass is 10.0. The van der Waals surface area contributed by atoms with Gasteiger partial charge >= 0.3 is 0 Å². The van der Waals surface area contributed by atoms with Crippen molar-refractivity contribution >= 4 is 22.9 Å². The molecular formula is C18H16ClN. The molecule has 0 radical (unpaired) electrons. The van der Waals surface area contributed by atoms with Crippen LogP contribution in [0.15, 0.2) is 67.0 Å². The van der Waals surface area contributed by atoms with E-state index in [1.807, 2.05) is 11.6 Å². The van der Waals surface area contributed by atoms with Crippen molar-refractivity contribution < 1.29 is 17.0 Å². The van der Waals surface area contributed by atoms with Gasteiger partial charge in [0.2, 0.25) is 0 Å². The van der Waals surface area contributed by atoms with E-state index in [1.54, 1.807) is 0 Å². The van der Waals surface area contributed by atoms with E-state index in [2.05, 4.69) is 79.1 Å². The number of aromatic nitrogens is 1. The zero-order valence-electron chi connectivity index (χ0n) is 11.3. The van der Waals surface area contributed by atoms with Gasteiger partial charge in [0.1, 0.15) is 7.05 Å². The first-order valence-corrected chi connectivity index (χ1v) is 6.44. The van der Waals surface area contributed by atoms with Crippen LogP contribution < -0.4 is 17.0 Å². The van der Waals surface area contributed by atoms with Gasteiger partial charge in [-0.05, 0) is 21.9 Å². The molecule has 1 aromatic heterocycles. The van der Waals surface area contributed by atoms with Crippen LogP contribution in [0, 0.1) is 0 Å². The number of hydrogen-bond acceptors (Lipinski definition) is 0. The first-order valence-electron chi connectivity index (χ1n) is 6.44. The third kappa shape index (κ3) is 3.06. The molecule has 0 aliphatic rings. The second-order valence-electron chi connectivity index (χ2n) is 4.70. The Labute approximate surface area is 125 Å². The van der Waals surface area contributed by atoms with E-state index in [9.17, 15) is 0 Å². The largest absolute Gasteiger partial charge is 1.00 e. The molecule has 0 bridgehead atoms. The molecule has 0 fully saturated rings. The van der Waals surface area contributed by atoms with Crippen molar-refractivity contribution in [3.8, 4) is 0 Å². The summed E-state index contributed by atoms with van der Waals surface area (Å²) < 4.78 is 2.04. The summed E-state index contributed by atoms with van der Waals surface area (Å²) in [6, 6.07) is 19.1. The fourth-order valence-electron chi connectivity index (χ4n) is 2.21. The predicted octanol–water partition coefficient (Wildman–Crippen LogP) is 0.839. The van der Waals surface area contributed by atoms with Crippen LogP contribution in [0.3, 0.4) is 0 Å². The van der Waals surface area contributed by atoms with Crippen molar-refractivity contribution in [1.29, 1.82) is 0 Å². The van der Waals surface area contributed by atoms with Gasteiger partial charge in [0.15, 0.2) is 12.4 Å². The Morgan fingerprint density at radius 3 is 2.30 bits per heavy atom. The Kier molecular flexibility index (Phi) is 4.54. The summed E-state index contributed by atoms with van der Waals surface area (Å²) in [5.74, 6) is 0. The Morgan fingerprint density at radius 1 is 0.800 bits per heavy atom. The summed E-state index contributed by atoms with van der Waals surface area (Å²) in [6.07, 6.45) is 8.45. The molecule has 0 saturated carbocycles. The van der Waals surface area contributed by atoms with Crippen LogP contribution in [-0.4, -0.2) is 0 Å². The third-order valence-electron chi connectivity index (χ3n) is 3.28. The van der Waals surface area contributed by atoms with Gasteiger partial charge < -0.3 is 12.4 Å². The fourth-order valence-corrected chi connectivity index (χ4v) is 2.21. The minimum atomic E-state index is 0. The number of rotatable bonds is 2. The molecule has 1 nitrogen and oxygen atoms in total. The highest BCUT2D eigenvalue weighted by atomic mass is 35.5. The summed E-state index contributed by atoms with van der Waals surface area (Å²) in [7, 11) is 2.03. The molecule has 3 aromatic rings. The van der Waals surface area contributed by atoms with Gasteiger partial charge in [-0.3, -0.25) is 0 Å². The number of hydrogen-bond donors (Lipinski definition) is 0. The highest BCUT2D eigenvalue weighted by Gasteiger charge is 1.97. The second-order valence-corrected chi connectivity index (χ2v) is 4.70. The van der Waals surface area contributed by atoms with Crippen LogP contribution in [0.25, 0.3) is 22.9 Å². The number of pyridine rings is 1. The molecular weight excluding hydrogens is 266 g/mol. The maximum Gasteiger partial charge on any atom is 0.169 e. The lowest BCUT2D eigenvalue weighted by Crippen LogP contribution is -3.00. The molecule has 2 aromatic carbocycles. The summed E-state index contributed by atoms with van der Waals surface area (Å²) in [4.78, 5) is 0. The smallest absolute Gasteiger partial charge is 0.169 e. The van der Waals surface area contributed by atoms with E-state index in [-0.39, 0.29) is 12.4 Å². The quantitative estimate of drug-likeness (QED) is 0.613. The Balaban J connectivity index is 0.00000147. The standard InChI is InChI=1S/C18H16N.ClH/c1-19-13-11-15(12-14-19)9-10-17-7-4-6-16-5-2-3-8-18(16)17;/h2-14H,1H3;1H/q+1;/p-1/b10-9+;. The highest BCUT2D eigenvalue weighted by molar-refractivity contribution is 5.92. The van der Waals surface area contributed by atoms with Gasteiger partial charge in [-0.2, -0.15) is 0 Å². The van der Waals surface area contributed by atoms with Crippen molar-refractivity contribution in [1.82, 2.24) is 0 Å². The van der Waals surface area contributed by atoms with Crippen LogP contribution in [0.5, 0.6) is 0 Å². The second kappa shape index (κ2) is 6.36. The van der Waals surface area contributed by atoms with E-state index >= 15 is 0 Å². The molecule has 1 heterocycles. The molecule has 0 spiro atoms. The summed E-state index contributed by atoms with van der Waals surface area (Å²) in [6.45, 7) is 0. The molecule has 0 unspecified atom stereocenters. The summed E-state index contributed by atoms with van der Waals surface area (Å²) in [5, 5.41) is 2.58. The van der Waals surface area contributed by atoms with Crippen molar-refractivity contribution in [2.45, 2.75) is 0 Å². The van der Waals surface area contributed by atoms with Crippen LogP contribution in [0.4, 0.5) is 0 Å². The number of nitrogens with zero attached hydrogens (tertiary/aromatic N) is 1. The molecule has 0 saturated heterocycles. The van der Waals surface area contributed by atoms with Gasteiger partial charge in [-0.15, -0.1) is 0 Å². The predicted molar refractivity (Wildman–Crippen MR) is 80.5 cm³/mol. The van der Waals surface area contributed by atoms with Crippen molar-refractivity contribution in [2.75, 3.05) is 0 Å². The normalized spacial score (nSPS) is 10.7. The molecule has 0 amide bonds. The topological polar surface area (TPSA) is 3.88 Å². The van der Waals surface area contributed by atoms with Crippen LogP contribution >= 0.6 is 0 Å². The minimum Gasteiger partial charge on any atom is -1.00 e. The maximum atomic E-state index is 2.18. The first kappa shape index (κ1) is 14.3. The molecule has 20 heavy (non-hydrogen) atoms. The Hall–Kier alpha value is -2.12. The number of fused-ring (bicyclic) bond motifs is 1. The van der Waals surface area contributed by atoms with Crippen LogP contribution in [0.2, 0.25) is 0 Å². The highest BCUT2D eigenvalue weighted by Crippen LogP contribution is 2.20. The fraction of sp³-hybridized carbons (Fsp3) is 0.0556. The zero-order valence-corrected chi connectivity index (χ0v) is 12.1. The molecule has 0 atom stereocenters. The molecule has 100 valence electrons. The monoisotopic (exact) mass is 281 g/mol. The number of aryl methyl sites for hydroxylation is 1. The van der Waals surface area contributed by atoms with E-state index in [1.165, 1.54) is 21.9 Å². The Morgan fingerprint density at radius 2 is 1.50 bits per heavy atom. The molecule has 0 aliphatic carbocycles. The van der Waals surface area contributed by atoms with E-state index in [0.717, 1.165) is 0 Å². The SMILES string of the molecule is C[n+]1ccc(/C=C/c2cccc3ccccc23)cc1.[Cl-]. The average molecular weight is 282 g/mol. The minimum absolute atomic E-state index is 0. The van der Waals surface area contributed by atoms with Gasteiger partial charge in [0, 0.05) is 12.1 Å². The number of benzene rings is 2. The van der Waals surface area contributed by atoms with E-state index < -0.39 is 0 Å². The molecule has 0 aliphatic heterocycles. The van der Waals surface area contributed by atoms with Crippen molar-refractivity contribution in [3.05, 3.63) is 78.1 Å². The number of halogens is 1. The lowest BCUT2D eigenvalue weighted by molar-refractivity contribution is -0.671. The summed E-state index contributed by atoms with van der Waals surface area (Å²) in [5.41, 5.74) is 2.47. The van der Waals surface area contributed by atoms with Crippen molar-refractivity contribution in [2.24, 2.45) is 7.05 Å². The van der Waals surface area contributed by atoms with E-state index in [4.69, 9.17) is 0 Å². The van der Waals surface area contributed by atoms with Gasteiger partial charge in [0.25, 0.3) is 0 Å². The lowest BCUT2D eigenvalue weighted by Gasteiger charge is -2.01. The first-order chi connectivity index (χ1) is 9.33. The van der Waals surface area contributed by atoms with Crippen LogP contribution in [-0.2, 0) is 7.05 Å². The van der Waals surface area contributed by atoms with Gasteiger partial charge in [0.05, 0.1) is 0 Å². The van der Waals surface area contributed by atoms with Crippen molar-refractivity contribution in [3.63, 3.8) is 0 Å². The Bertz CT molecular complexity index is 724. The average Bonchev–Trinajstić information content (AvgIpc) is 2.47.